The van der Waals surface area contributed by atoms with Gasteiger partial charge in [-0.3, -0.25) is 14.6 Å². The second-order valence-corrected chi connectivity index (χ2v) is 7.09. The zero-order valence-corrected chi connectivity index (χ0v) is 15.5. The molecule has 3 aromatic rings. The van der Waals surface area contributed by atoms with E-state index in [0.29, 0.717) is 6.54 Å². The first kappa shape index (κ1) is 17.7. The van der Waals surface area contributed by atoms with Gasteiger partial charge < -0.3 is 9.84 Å². The van der Waals surface area contributed by atoms with Crippen LogP contribution in [0.25, 0.3) is 10.8 Å². The van der Waals surface area contributed by atoms with Crippen LogP contribution in [-0.4, -0.2) is 53.6 Å². The third kappa shape index (κ3) is 4.53. The van der Waals surface area contributed by atoms with E-state index in [0.717, 1.165) is 55.3 Å². The van der Waals surface area contributed by atoms with Gasteiger partial charge in [0.15, 0.2) is 0 Å². The number of nitrogens with one attached hydrogen (secondary N) is 1. The Morgan fingerprint density at radius 3 is 2.52 bits per heavy atom. The van der Waals surface area contributed by atoms with Crippen LogP contribution in [0.15, 0.2) is 53.1 Å². The van der Waals surface area contributed by atoms with Crippen molar-refractivity contribution in [2.45, 2.75) is 13.5 Å². The number of piperazine rings is 1. The van der Waals surface area contributed by atoms with Crippen molar-refractivity contribution in [3.05, 3.63) is 60.0 Å². The summed E-state index contributed by atoms with van der Waals surface area (Å²) in [6.45, 7) is 6.73. The molecule has 0 spiro atoms. The molecule has 4 rings (SSSR count). The summed E-state index contributed by atoms with van der Waals surface area (Å²) in [7, 11) is 0. The summed E-state index contributed by atoms with van der Waals surface area (Å²) in [6.07, 6.45) is 0. The van der Waals surface area contributed by atoms with Crippen molar-refractivity contribution in [3.63, 3.8) is 0 Å². The summed E-state index contributed by atoms with van der Waals surface area (Å²) in [5.74, 6) is 0.875. The number of hydrogen-bond donors (Lipinski definition) is 1. The van der Waals surface area contributed by atoms with E-state index in [1.807, 2.05) is 43.3 Å². The third-order valence-corrected chi connectivity index (χ3v) is 4.93. The van der Waals surface area contributed by atoms with Crippen LogP contribution in [0.3, 0.4) is 0 Å². The molecule has 0 saturated carbocycles. The zero-order valence-electron chi connectivity index (χ0n) is 15.5. The number of carbonyl (C=O) groups is 1. The second kappa shape index (κ2) is 7.90. The first-order chi connectivity index (χ1) is 13.2. The molecule has 27 heavy (non-hydrogen) atoms. The van der Waals surface area contributed by atoms with Gasteiger partial charge in [0.25, 0.3) is 0 Å². The quantitative estimate of drug-likeness (QED) is 0.754. The maximum atomic E-state index is 12.4. The average molecular weight is 364 g/mol. The summed E-state index contributed by atoms with van der Waals surface area (Å²) in [4.78, 5) is 16.9. The average Bonchev–Trinajstić information content (AvgIpc) is 3.08. The summed E-state index contributed by atoms with van der Waals surface area (Å²) < 4.78 is 5.12. The smallest absolute Gasteiger partial charge is 0.238 e. The predicted molar refractivity (Wildman–Crippen MR) is 106 cm³/mol. The fourth-order valence-corrected chi connectivity index (χ4v) is 3.50. The van der Waals surface area contributed by atoms with E-state index in [-0.39, 0.29) is 5.91 Å². The van der Waals surface area contributed by atoms with Crippen molar-refractivity contribution in [3.8, 4) is 0 Å². The number of nitrogens with zero attached hydrogens (tertiary/aromatic N) is 3. The van der Waals surface area contributed by atoms with E-state index >= 15 is 0 Å². The lowest BCUT2D eigenvalue weighted by atomic mass is 10.1. The monoisotopic (exact) mass is 364 g/mol. The van der Waals surface area contributed by atoms with Crippen molar-refractivity contribution in [1.82, 2.24) is 15.0 Å². The molecule has 1 saturated heterocycles. The maximum Gasteiger partial charge on any atom is 0.238 e. The van der Waals surface area contributed by atoms with Gasteiger partial charge in [-0.25, -0.2) is 0 Å². The van der Waals surface area contributed by atoms with Crippen molar-refractivity contribution in [1.29, 1.82) is 0 Å². The van der Waals surface area contributed by atoms with Gasteiger partial charge in [-0.1, -0.05) is 35.5 Å². The molecule has 1 N–H and O–H groups in total. The first-order valence-corrected chi connectivity index (χ1v) is 9.31. The van der Waals surface area contributed by atoms with Gasteiger partial charge >= 0.3 is 0 Å². The van der Waals surface area contributed by atoms with Gasteiger partial charge in [-0.2, -0.15) is 0 Å². The largest absolute Gasteiger partial charge is 0.361 e. The minimum Gasteiger partial charge on any atom is -0.361 e. The molecule has 0 bridgehead atoms. The molecule has 140 valence electrons. The van der Waals surface area contributed by atoms with Crippen LogP contribution >= 0.6 is 0 Å². The highest BCUT2D eigenvalue weighted by molar-refractivity contribution is 5.95. The van der Waals surface area contributed by atoms with Crippen molar-refractivity contribution >= 4 is 22.4 Å². The highest BCUT2D eigenvalue weighted by atomic mass is 16.5. The van der Waals surface area contributed by atoms with Gasteiger partial charge in [0.05, 0.1) is 12.2 Å². The number of hydrogen-bond acceptors (Lipinski definition) is 5. The van der Waals surface area contributed by atoms with Gasteiger partial charge in [0.1, 0.15) is 5.76 Å². The van der Waals surface area contributed by atoms with Crippen LogP contribution in [0.5, 0.6) is 0 Å². The molecule has 2 aromatic carbocycles. The number of aryl methyl sites for hydroxylation is 1. The van der Waals surface area contributed by atoms with E-state index in [4.69, 9.17) is 4.52 Å². The van der Waals surface area contributed by atoms with Crippen LogP contribution in [0.2, 0.25) is 0 Å². The molecule has 6 heteroatoms. The molecule has 0 atom stereocenters. The molecule has 1 aliphatic heterocycles. The minimum atomic E-state index is 0.0332. The Morgan fingerprint density at radius 1 is 1.04 bits per heavy atom. The molecule has 1 amide bonds. The lowest BCUT2D eigenvalue weighted by Gasteiger charge is -2.33. The molecule has 1 aromatic heterocycles. The molecule has 1 aliphatic rings. The van der Waals surface area contributed by atoms with Crippen LogP contribution in [-0.2, 0) is 11.3 Å². The van der Waals surface area contributed by atoms with E-state index in [2.05, 4.69) is 32.4 Å². The predicted octanol–water partition coefficient (Wildman–Crippen LogP) is 2.89. The Labute approximate surface area is 158 Å². The third-order valence-electron chi connectivity index (χ3n) is 4.93. The van der Waals surface area contributed by atoms with Crippen LogP contribution in [0, 0.1) is 6.92 Å². The molecular formula is C21H24N4O2. The second-order valence-electron chi connectivity index (χ2n) is 7.09. The van der Waals surface area contributed by atoms with Crippen molar-refractivity contribution in [2.75, 3.05) is 38.0 Å². The van der Waals surface area contributed by atoms with Crippen molar-refractivity contribution in [2.24, 2.45) is 0 Å². The molecule has 0 aliphatic carbocycles. The van der Waals surface area contributed by atoms with Crippen LogP contribution in [0.1, 0.15) is 11.5 Å². The van der Waals surface area contributed by atoms with Crippen LogP contribution < -0.4 is 5.32 Å². The Morgan fingerprint density at radius 2 is 1.78 bits per heavy atom. The molecule has 0 unspecified atom stereocenters. The normalized spacial score (nSPS) is 15.9. The lowest BCUT2D eigenvalue weighted by molar-refractivity contribution is -0.117. The summed E-state index contributed by atoms with van der Waals surface area (Å²) in [5.41, 5.74) is 1.81. The molecular weight excluding hydrogens is 340 g/mol. The number of fused-ring (bicyclic) bond motifs is 1. The number of rotatable bonds is 5. The summed E-state index contributed by atoms with van der Waals surface area (Å²) >= 11 is 0. The first-order valence-electron chi connectivity index (χ1n) is 9.31. The Hall–Kier alpha value is -2.70. The van der Waals surface area contributed by atoms with E-state index < -0.39 is 0 Å². The Bertz CT molecular complexity index is 929. The fourth-order valence-electron chi connectivity index (χ4n) is 3.50. The van der Waals surface area contributed by atoms with E-state index in [9.17, 15) is 4.79 Å². The summed E-state index contributed by atoms with van der Waals surface area (Å²) in [5, 5.41) is 9.38. The van der Waals surface area contributed by atoms with Gasteiger partial charge in [0, 0.05) is 44.5 Å². The molecule has 2 heterocycles. The highest BCUT2D eigenvalue weighted by Crippen LogP contribution is 2.19. The minimum absolute atomic E-state index is 0.0332. The maximum absolute atomic E-state index is 12.4. The highest BCUT2D eigenvalue weighted by Gasteiger charge is 2.20. The number of amides is 1. The van der Waals surface area contributed by atoms with Gasteiger partial charge in [-0.05, 0) is 29.8 Å². The zero-order chi connectivity index (χ0) is 18.6. The number of aromatic nitrogens is 1. The number of benzene rings is 2. The van der Waals surface area contributed by atoms with Crippen LogP contribution in [0.4, 0.5) is 5.69 Å². The van der Waals surface area contributed by atoms with E-state index in [1.165, 1.54) is 5.39 Å². The van der Waals surface area contributed by atoms with E-state index in [1.54, 1.807) is 0 Å². The van der Waals surface area contributed by atoms with Gasteiger partial charge in [0.2, 0.25) is 5.91 Å². The van der Waals surface area contributed by atoms with Gasteiger partial charge in [-0.15, -0.1) is 0 Å². The van der Waals surface area contributed by atoms with Crippen molar-refractivity contribution < 1.29 is 9.32 Å². The molecule has 1 fully saturated rings. The topological polar surface area (TPSA) is 61.6 Å². The number of carbonyl (C=O) groups excluding carboxylic acids is 1. The molecule has 0 radical (unpaired) electrons. The summed E-state index contributed by atoms with van der Waals surface area (Å²) in [6, 6.07) is 16.1. The SMILES string of the molecule is Cc1cc(CN2CCN(CC(=O)Nc3ccc4ccccc4c3)CC2)no1. The standard InChI is InChI=1S/C21H24N4O2/c1-16-12-20(23-27-16)14-24-8-10-25(11-9-24)15-21(26)22-19-7-6-17-4-2-3-5-18(17)13-19/h2-7,12-13H,8-11,14-15H2,1H3,(H,22,26). The Kier molecular flexibility index (Phi) is 5.18. The lowest BCUT2D eigenvalue weighted by Crippen LogP contribution is -2.48. The number of anilines is 1. The fraction of sp³-hybridized carbons (Fsp3) is 0.333. The molecule has 6 nitrogen and oxygen atoms in total. The Balaban J connectivity index is 1.26.